The van der Waals surface area contributed by atoms with Crippen molar-refractivity contribution < 1.29 is 0 Å². The van der Waals surface area contributed by atoms with Crippen molar-refractivity contribution in [3.63, 3.8) is 0 Å². The predicted molar refractivity (Wildman–Crippen MR) is 66.5 cm³/mol. The van der Waals surface area contributed by atoms with E-state index in [2.05, 4.69) is 22.1 Å². The topological polar surface area (TPSA) is 25.8 Å². The van der Waals surface area contributed by atoms with E-state index >= 15 is 0 Å². The number of nitrogens with zero attached hydrogens (tertiary/aromatic N) is 2. The summed E-state index contributed by atoms with van der Waals surface area (Å²) >= 11 is 0. The summed E-state index contributed by atoms with van der Waals surface area (Å²) in [7, 11) is 0. The maximum absolute atomic E-state index is 4.66. The van der Waals surface area contributed by atoms with Gasteiger partial charge in [-0.25, -0.2) is 4.98 Å². The SMILES string of the molecule is Cc1cc2nc3ccccc3cc2c(C)n1. The van der Waals surface area contributed by atoms with Gasteiger partial charge in [0.2, 0.25) is 0 Å². The summed E-state index contributed by atoms with van der Waals surface area (Å²) < 4.78 is 0. The largest absolute Gasteiger partial charge is 0.258 e. The third-order valence-electron chi connectivity index (χ3n) is 2.83. The molecule has 0 saturated carbocycles. The van der Waals surface area contributed by atoms with Gasteiger partial charge in [0, 0.05) is 22.2 Å². The second-order valence-electron chi connectivity index (χ2n) is 4.10. The van der Waals surface area contributed by atoms with Crippen LogP contribution in [-0.2, 0) is 0 Å². The lowest BCUT2D eigenvalue weighted by molar-refractivity contribution is 1.14. The molecule has 2 aromatic heterocycles. The zero-order valence-corrected chi connectivity index (χ0v) is 9.36. The summed E-state index contributed by atoms with van der Waals surface area (Å²) in [5.41, 5.74) is 4.14. The number of hydrogen-bond acceptors (Lipinski definition) is 2. The minimum Gasteiger partial charge on any atom is -0.258 e. The first kappa shape index (κ1) is 9.28. The molecule has 0 aliphatic rings. The van der Waals surface area contributed by atoms with E-state index < -0.39 is 0 Å². The smallest absolute Gasteiger partial charge is 0.0745 e. The molecule has 0 bridgehead atoms. The fourth-order valence-corrected chi connectivity index (χ4v) is 2.09. The lowest BCUT2D eigenvalue weighted by atomic mass is 10.1. The summed E-state index contributed by atoms with van der Waals surface area (Å²) in [6, 6.07) is 12.4. The van der Waals surface area contributed by atoms with Crippen LogP contribution in [0.4, 0.5) is 0 Å². The Morgan fingerprint density at radius 2 is 1.69 bits per heavy atom. The number of rotatable bonds is 0. The second-order valence-corrected chi connectivity index (χ2v) is 4.10. The van der Waals surface area contributed by atoms with Gasteiger partial charge in [-0.05, 0) is 32.0 Å². The van der Waals surface area contributed by atoms with Gasteiger partial charge in [-0.3, -0.25) is 4.98 Å². The van der Waals surface area contributed by atoms with Crippen LogP contribution < -0.4 is 0 Å². The third-order valence-corrected chi connectivity index (χ3v) is 2.83. The minimum absolute atomic E-state index is 1.02. The summed E-state index contributed by atoms with van der Waals surface area (Å²) in [6.07, 6.45) is 0. The number of pyridine rings is 2. The highest BCUT2D eigenvalue weighted by atomic mass is 14.7. The number of hydrogen-bond donors (Lipinski definition) is 0. The molecule has 78 valence electrons. The zero-order chi connectivity index (χ0) is 11.1. The second kappa shape index (κ2) is 3.27. The molecule has 1 aromatic carbocycles. The van der Waals surface area contributed by atoms with Crippen LogP contribution >= 0.6 is 0 Å². The van der Waals surface area contributed by atoms with E-state index in [4.69, 9.17) is 0 Å². The Morgan fingerprint density at radius 1 is 0.875 bits per heavy atom. The molecule has 2 heteroatoms. The van der Waals surface area contributed by atoms with E-state index in [-0.39, 0.29) is 0 Å². The molecule has 0 saturated heterocycles. The molecule has 0 radical (unpaired) electrons. The summed E-state index contributed by atoms with van der Waals surface area (Å²) in [5, 5.41) is 2.31. The van der Waals surface area contributed by atoms with Gasteiger partial charge in [0.15, 0.2) is 0 Å². The molecular formula is C14H12N2. The van der Waals surface area contributed by atoms with E-state index in [1.807, 2.05) is 38.1 Å². The van der Waals surface area contributed by atoms with Crippen molar-refractivity contribution in [1.82, 2.24) is 9.97 Å². The normalized spacial score (nSPS) is 11.1. The molecule has 0 unspecified atom stereocenters. The van der Waals surface area contributed by atoms with Gasteiger partial charge in [-0.15, -0.1) is 0 Å². The highest BCUT2D eigenvalue weighted by molar-refractivity contribution is 5.93. The molecule has 3 aromatic rings. The van der Waals surface area contributed by atoms with Crippen molar-refractivity contribution in [2.45, 2.75) is 13.8 Å². The number of para-hydroxylation sites is 1. The molecule has 0 N–H and O–H groups in total. The van der Waals surface area contributed by atoms with E-state index in [1.54, 1.807) is 0 Å². The molecule has 0 atom stereocenters. The van der Waals surface area contributed by atoms with Crippen molar-refractivity contribution in [1.29, 1.82) is 0 Å². The van der Waals surface area contributed by atoms with Gasteiger partial charge in [0.1, 0.15) is 0 Å². The van der Waals surface area contributed by atoms with Crippen LogP contribution in [0.2, 0.25) is 0 Å². The van der Waals surface area contributed by atoms with E-state index in [9.17, 15) is 0 Å². The number of benzene rings is 1. The first-order valence-electron chi connectivity index (χ1n) is 5.38. The van der Waals surface area contributed by atoms with Gasteiger partial charge in [-0.2, -0.15) is 0 Å². The Hall–Kier alpha value is -1.96. The van der Waals surface area contributed by atoms with Crippen LogP contribution in [0.15, 0.2) is 36.4 Å². The van der Waals surface area contributed by atoms with Gasteiger partial charge < -0.3 is 0 Å². The summed E-state index contributed by atoms with van der Waals surface area (Å²) in [4.78, 5) is 9.13. The molecule has 3 rings (SSSR count). The molecule has 0 aliphatic heterocycles. The molecule has 2 heterocycles. The van der Waals surface area contributed by atoms with Crippen LogP contribution in [-0.4, -0.2) is 9.97 Å². The lowest BCUT2D eigenvalue weighted by Crippen LogP contribution is -1.91. The Balaban J connectivity index is 2.51. The minimum atomic E-state index is 1.02. The Labute approximate surface area is 94.0 Å². The van der Waals surface area contributed by atoms with Gasteiger partial charge in [0.25, 0.3) is 0 Å². The first-order valence-corrected chi connectivity index (χ1v) is 5.38. The molecule has 0 spiro atoms. The van der Waals surface area contributed by atoms with Crippen molar-refractivity contribution in [2.75, 3.05) is 0 Å². The Morgan fingerprint density at radius 3 is 2.56 bits per heavy atom. The number of fused-ring (bicyclic) bond motifs is 2. The first-order chi connectivity index (χ1) is 7.74. The molecule has 2 nitrogen and oxygen atoms in total. The highest BCUT2D eigenvalue weighted by Gasteiger charge is 2.03. The zero-order valence-electron chi connectivity index (χ0n) is 9.36. The van der Waals surface area contributed by atoms with Crippen molar-refractivity contribution in [3.05, 3.63) is 47.8 Å². The van der Waals surface area contributed by atoms with Crippen LogP contribution in [0.5, 0.6) is 0 Å². The monoisotopic (exact) mass is 208 g/mol. The Kier molecular flexibility index (Phi) is 1.90. The van der Waals surface area contributed by atoms with Crippen LogP contribution in [0.3, 0.4) is 0 Å². The van der Waals surface area contributed by atoms with Crippen molar-refractivity contribution >= 4 is 21.8 Å². The van der Waals surface area contributed by atoms with Crippen molar-refractivity contribution in [3.8, 4) is 0 Å². The van der Waals surface area contributed by atoms with Crippen LogP contribution in [0, 0.1) is 13.8 Å². The lowest BCUT2D eigenvalue weighted by Gasteiger charge is -2.04. The fraction of sp³-hybridized carbons (Fsp3) is 0.143. The van der Waals surface area contributed by atoms with E-state index in [0.717, 1.165) is 27.8 Å². The maximum atomic E-state index is 4.66. The maximum Gasteiger partial charge on any atom is 0.0745 e. The average Bonchev–Trinajstić information content (AvgIpc) is 2.27. The van der Waals surface area contributed by atoms with Crippen LogP contribution in [0.25, 0.3) is 21.8 Å². The molecular weight excluding hydrogens is 196 g/mol. The number of aryl methyl sites for hydroxylation is 2. The highest BCUT2D eigenvalue weighted by Crippen LogP contribution is 2.21. The molecule has 0 aliphatic carbocycles. The standard InChI is InChI=1S/C14H12N2/c1-9-7-14-12(10(2)15-9)8-11-5-3-4-6-13(11)16-14/h3-8H,1-2H3. The average molecular weight is 208 g/mol. The van der Waals surface area contributed by atoms with Gasteiger partial charge in [-0.1, -0.05) is 18.2 Å². The quantitative estimate of drug-likeness (QED) is 0.529. The van der Waals surface area contributed by atoms with E-state index in [0.29, 0.717) is 0 Å². The number of aromatic nitrogens is 2. The Bertz CT molecular complexity index is 687. The predicted octanol–water partition coefficient (Wildman–Crippen LogP) is 3.40. The fourth-order valence-electron chi connectivity index (χ4n) is 2.09. The summed E-state index contributed by atoms with van der Waals surface area (Å²) in [5.74, 6) is 0. The van der Waals surface area contributed by atoms with Crippen molar-refractivity contribution in [2.24, 2.45) is 0 Å². The third kappa shape index (κ3) is 1.34. The van der Waals surface area contributed by atoms with E-state index in [1.165, 1.54) is 5.39 Å². The van der Waals surface area contributed by atoms with Gasteiger partial charge in [0.05, 0.1) is 11.0 Å². The molecule has 0 fully saturated rings. The summed E-state index contributed by atoms with van der Waals surface area (Å²) in [6.45, 7) is 4.04. The molecule has 16 heavy (non-hydrogen) atoms. The molecule has 0 amide bonds. The van der Waals surface area contributed by atoms with Gasteiger partial charge >= 0.3 is 0 Å². The van der Waals surface area contributed by atoms with Crippen LogP contribution in [0.1, 0.15) is 11.4 Å².